The second kappa shape index (κ2) is 7.12. The number of cyclic esters (lactones) is 1. The largest absolute Gasteiger partial charge is 0.447 e. The van der Waals surface area contributed by atoms with Crippen molar-refractivity contribution in [3.8, 4) is 5.69 Å². The number of aromatic nitrogens is 1. The number of para-hydroxylation sites is 1. The van der Waals surface area contributed by atoms with Gasteiger partial charge < -0.3 is 9.64 Å². The molecule has 1 aromatic carbocycles. The smallest absolute Gasteiger partial charge is 0.410 e. The maximum atomic E-state index is 13.4. The molecule has 0 spiro atoms. The topological polar surface area (TPSA) is 88.9 Å². The molecule has 5 rings (SSSR count). The second-order valence-electron chi connectivity index (χ2n) is 7.85. The minimum atomic E-state index is -0.416. The lowest BCUT2D eigenvalue weighted by molar-refractivity contribution is 0.0614. The number of fused-ring (bicyclic) bond motifs is 2. The number of pyridine rings is 1. The van der Waals surface area contributed by atoms with E-state index in [0.29, 0.717) is 55.8 Å². The van der Waals surface area contributed by atoms with Gasteiger partial charge in [0.1, 0.15) is 12.2 Å². The number of ether oxygens (including phenoxy) is 1. The van der Waals surface area contributed by atoms with Gasteiger partial charge in [0.2, 0.25) is 0 Å². The number of rotatable bonds is 2. The van der Waals surface area contributed by atoms with E-state index < -0.39 is 11.5 Å². The molecule has 0 unspecified atom stereocenters. The zero-order valence-electron chi connectivity index (χ0n) is 16.4. The number of piperazine rings is 1. The molecule has 1 aliphatic carbocycles. The van der Waals surface area contributed by atoms with E-state index in [9.17, 15) is 19.2 Å². The van der Waals surface area contributed by atoms with Crippen LogP contribution in [0.15, 0.2) is 41.2 Å². The second-order valence-corrected chi connectivity index (χ2v) is 7.85. The molecule has 1 atom stereocenters. The predicted octanol–water partition coefficient (Wildman–Crippen LogP) is 1.63. The lowest BCUT2D eigenvalue weighted by atomic mass is 9.92. The fourth-order valence-corrected chi connectivity index (χ4v) is 4.54. The van der Waals surface area contributed by atoms with Gasteiger partial charge in [-0.05, 0) is 31.0 Å². The van der Waals surface area contributed by atoms with Gasteiger partial charge in [0.15, 0.2) is 5.78 Å². The summed E-state index contributed by atoms with van der Waals surface area (Å²) in [6.45, 7) is 1.23. The van der Waals surface area contributed by atoms with Gasteiger partial charge in [-0.2, -0.15) is 0 Å². The molecule has 3 heterocycles. The molecule has 0 N–H and O–H groups in total. The van der Waals surface area contributed by atoms with Gasteiger partial charge in [-0.15, -0.1) is 0 Å². The Labute approximate surface area is 172 Å². The molecule has 3 aliphatic rings. The van der Waals surface area contributed by atoms with Gasteiger partial charge >= 0.3 is 6.09 Å². The first-order valence-corrected chi connectivity index (χ1v) is 10.1. The summed E-state index contributed by atoms with van der Waals surface area (Å²) >= 11 is 0. The van der Waals surface area contributed by atoms with E-state index in [-0.39, 0.29) is 30.1 Å². The number of nitrogens with zero attached hydrogens (tertiary/aromatic N) is 3. The van der Waals surface area contributed by atoms with Gasteiger partial charge in [0.25, 0.3) is 11.5 Å². The number of benzene rings is 1. The first kappa shape index (κ1) is 18.6. The Morgan fingerprint density at radius 1 is 1.03 bits per heavy atom. The molecule has 2 saturated heterocycles. The van der Waals surface area contributed by atoms with Crippen LogP contribution in [0.25, 0.3) is 5.69 Å². The maximum Gasteiger partial charge on any atom is 0.410 e. The third-order valence-corrected chi connectivity index (χ3v) is 6.07. The van der Waals surface area contributed by atoms with E-state index in [1.807, 2.05) is 18.2 Å². The van der Waals surface area contributed by atoms with Crippen molar-refractivity contribution in [1.29, 1.82) is 0 Å². The van der Waals surface area contributed by atoms with Crippen molar-refractivity contribution in [3.05, 3.63) is 63.6 Å². The Balaban J connectivity index is 1.58. The van der Waals surface area contributed by atoms with E-state index in [1.54, 1.807) is 21.9 Å². The third-order valence-electron chi connectivity index (χ3n) is 6.07. The van der Waals surface area contributed by atoms with Crippen LogP contribution in [0.2, 0.25) is 0 Å². The van der Waals surface area contributed by atoms with Crippen LogP contribution >= 0.6 is 0 Å². The van der Waals surface area contributed by atoms with Crippen molar-refractivity contribution in [1.82, 2.24) is 14.4 Å². The number of carbonyl (C=O) groups excluding carboxylic acids is 3. The van der Waals surface area contributed by atoms with Crippen LogP contribution in [-0.4, -0.2) is 64.4 Å². The molecule has 0 bridgehead atoms. The molecular formula is C22H21N3O5. The zero-order chi connectivity index (χ0) is 20.8. The van der Waals surface area contributed by atoms with E-state index >= 15 is 0 Å². The minimum absolute atomic E-state index is 0.00783. The normalized spacial score (nSPS) is 20.6. The summed E-state index contributed by atoms with van der Waals surface area (Å²) in [7, 11) is 0. The Kier molecular flexibility index (Phi) is 4.42. The van der Waals surface area contributed by atoms with Gasteiger partial charge in [-0.1, -0.05) is 18.2 Å². The minimum Gasteiger partial charge on any atom is -0.447 e. The number of ketones is 1. The molecule has 8 nitrogen and oxygen atoms in total. The standard InChI is InChI=1S/C22H21N3O5/c26-19-8-4-7-18-16(19)11-17(21(28)25(18)14-5-2-1-3-6-14)20(27)23-9-10-24-15(12-23)13-30-22(24)29/h1-3,5-6,11,15H,4,7-10,12-13H2/t15-/m1/s1. The number of hydrogen-bond donors (Lipinski definition) is 0. The summed E-state index contributed by atoms with van der Waals surface area (Å²) in [4.78, 5) is 54.3. The lowest BCUT2D eigenvalue weighted by Crippen LogP contribution is -2.54. The van der Waals surface area contributed by atoms with Crippen molar-refractivity contribution in [2.45, 2.75) is 25.3 Å². The molecule has 1 aromatic heterocycles. The summed E-state index contributed by atoms with van der Waals surface area (Å²) in [5.74, 6) is -0.459. The summed E-state index contributed by atoms with van der Waals surface area (Å²) in [6, 6.07) is 10.4. The molecular weight excluding hydrogens is 386 g/mol. The Morgan fingerprint density at radius 3 is 2.63 bits per heavy atom. The van der Waals surface area contributed by atoms with Crippen LogP contribution < -0.4 is 5.56 Å². The number of Topliss-reactive ketones (excluding diaryl/α,β-unsaturated/α-hetero) is 1. The SMILES string of the molecule is O=C1CCCc2c1cc(C(=O)N1CCN3C(=O)OC[C@H]3C1)c(=O)n2-c1ccccc1. The highest BCUT2D eigenvalue weighted by atomic mass is 16.6. The molecule has 154 valence electrons. The Hall–Kier alpha value is -3.42. The van der Waals surface area contributed by atoms with Gasteiger partial charge in [0.05, 0.1) is 6.04 Å². The molecule has 30 heavy (non-hydrogen) atoms. The lowest BCUT2D eigenvalue weighted by Gasteiger charge is -2.35. The first-order chi connectivity index (χ1) is 14.5. The third kappa shape index (κ3) is 2.91. The van der Waals surface area contributed by atoms with Gasteiger partial charge in [-0.25, -0.2) is 4.79 Å². The molecule has 0 saturated carbocycles. The van der Waals surface area contributed by atoms with Crippen molar-refractivity contribution in [2.24, 2.45) is 0 Å². The van der Waals surface area contributed by atoms with Crippen LogP contribution in [0, 0.1) is 0 Å². The fraction of sp³-hybridized carbons (Fsp3) is 0.364. The number of amides is 2. The average molecular weight is 407 g/mol. The van der Waals surface area contributed by atoms with Crippen LogP contribution in [0.4, 0.5) is 4.79 Å². The van der Waals surface area contributed by atoms with Gasteiger partial charge in [-0.3, -0.25) is 23.9 Å². The summed E-state index contributed by atoms with van der Waals surface area (Å²) in [6.07, 6.45) is 1.34. The van der Waals surface area contributed by atoms with E-state index in [4.69, 9.17) is 4.74 Å². The molecule has 8 heteroatoms. The van der Waals surface area contributed by atoms with Crippen LogP contribution in [0.5, 0.6) is 0 Å². The average Bonchev–Trinajstić information content (AvgIpc) is 3.14. The Bertz CT molecular complexity index is 1110. The van der Waals surface area contributed by atoms with E-state index in [2.05, 4.69) is 0 Å². The predicted molar refractivity (Wildman–Crippen MR) is 107 cm³/mol. The highest BCUT2D eigenvalue weighted by Gasteiger charge is 2.39. The molecule has 2 aromatic rings. The summed E-state index contributed by atoms with van der Waals surface area (Å²) in [5.41, 5.74) is 1.33. The summed E-state index contributed by atoms with van der Waals surface area (Å²) in [5, 5.41) is 0. The highest BCUT2D eigenvalue weighted by molar-refractivity contribution is 6.02. The van der Waals surface area contributed by atoms with E-state index in [0.717, 1.165) is 0 Å². The van der Waals surface area contributed by atoms with Crippen LogP contribution in [0.1, 0.15) is 39.3 Å². The molecule has 2 amide bonds. The molecule has 2 fully saturated rings. The number of hydrogen-bond acceptors (Lipinski definition) is 5. The number of carbonyl (C=O) groups is 3. The van der Waals surface area contributed by atoms with E-state index in [1.165, 1.54) is 10.6 Å². The van der Waals surface area contributed by atoms with Crippen LogP contribution in [0.3, 0.4) is 0 Å². The van der Waals surface area contributed by atoms with Gasteiger partial charge in [0, 0.05) is 43.0 Å². The zero-order valence-corrected chi connectivity index (χ0v) is 16.4. The first-order valence-electron chi connectivity index (χ1n) is 10.1. The van der Waals surface area contributed by atoms with Crippen molar-refractivity contribution >= 4 is 17.8 Å². The monoisotopic (exact) mass is 407 g/mol. The fourth-order valence-electron chi connectivity index (χ4n) is 4.54. The summed E-state index contributed by atoms with van der Waals surface area (Å²) < 4.78 is 6.57. The Morgan fingerprint density at radius 2 is 1.83 bits per heavy atom. The van der Waals surface area contributed by atoms with Crippen molar-refractivity contribution in [3.63, 3.8) is 0 Å². The van der Waals surface area contributed by atoms with Crippen LogP contribution in [-0.2, 0) is 11.2 Å². The van der Waals surface area contributed by atoms with Crippen molar-refractivity contribution < 1.29 is 19.1 Å². The quantitative estimate of drug-likeness (QED) is 0.755. The molecule has 2 aliphatic heterocycles. The maximum absolute atomic E-state index is 13.4. The molecule has 0 radical (unpaired) electrons. The van der Waals surface area contributed by atoms with Crippen molar-refractivity contribution in [2.75, 3.05) is 26.2 Å². The highest BCUT2D eigenvalue weighted by Crippen LogP contribution is 2.25.